The van der Waals surface area contributed by atoms with Crippen LogP contribution in [-0.2, 0) is 9.53 Å². The Hall–Kier alpha value is -1.30. The van der Waals surface area contributed by atoms with Crippen LogP contribution in [0.2, 0.25) is 0 Å². The summed E-state index contributed by atoms with van der Waals surface area (Å²) < 4.78 is 5.45. The molecule has 0 aromatic heterocycles. The van der Waals surface area contributed by atoms with Gasteiger partial charge in [0.2, 0.25) is 5.91 Å². The molecule has 0 saturated carbocycles. The van der Waals surface area contributed by atoms with Gasteiger partial charge in [-0.05, 0) is 54.4 Å². The molecule has 1 saturated heterocycles. The fourth-order valence-corrected chi connectivity index (χ4v) is 2.56. The predicted molar refractivity (Wildman–Crippen MR) is 91.3 cm³/mol. The summed E-state index contributed by atoms with van der Waals surface area (Å²) in [5, 5.41) is 6.22. The molecular weight excluding hydrogens is 294 g/mol. The molecule has 0 spiro atoms. The maximum atomic E-state index is 12.2. The maximum absolute atomic E-state index is 12.2. The molecule has 0 aromatic rings. The summed E-state index contributed by atoms with van der Waals surface area (Å²) in [6.07, 6.45) is 2.17. The monoisotopic (exact) mass is 327 g/mol. The van der Waals surface area contributed by atoms with Crippen LogP contribution in [-0.4, -0.2) is 53.7 Å². The fraction of sp³-hybridized carbons (Fsp3) is 0.882. The van der Waals surface area contributed by atoms with Gasteiger partial charge in [0, 0.05) is 37.6 Å². The molecule has 6 heteroatoms. The van der Waals surface area contributed by atoms with Crippen LogP contribution in [0, 0.1) is 0 Å². The Kier molecular flexibility index (Phi) is 6.86. The average molecular weight is 327 g/mol. The van der Waals surface area contributed by atoms with E-state index in [1.807, 2.05) is 41.5 Å². The number of carbonyl (C=O) groups excluding carboxylic acids is 2. The summed E-state index contributed by atoms with van der Waals surface area (Å²) in [4.78, 5) is 25.7. The van der Waals surface area contributed by atoms with Crippen LogP contribution in [0.3, 0.4) is 0 Å². The van der Waals surface area contributed by atoms with Crippen molar-refractivity contribution in [3.63, 3.8) is 0 Å². The van der Waals surface area contributed by atoms with Crippen LogP contribution in [0.5, 0.6) is 0 Å². The average Bonchev–Trinajstić information content (AvgIpc) is 2.78. The molecule has 0 bridgehead atoms. The molecule has 1 unspecified atom stereocenters. The zero-order valence-electron chi connectivity index (χ0n) is 15.5. The van der Waals surface area contributed by atoms with Gasteiger partial charge in [-0.25, -0.2) is 4.79 Å². The summed E-state index contributed by atoms with van der Waals surface area (Å²) in [7, 11) is 0. The molecule has 1 atom stereocenters. The molecule has 0 aliphatic carbocycles. The Balaban J connectivity index is 2.31. The normalized spacial score (nSPS) is 18.9. The lowest BCUT2D eigenvalue weighted by atomic mass is 10.1. The molecule has 1 aliphatic heterocycles. The Morgan fingerprint density at radius 1 is 1.17 bits per heavy atom. The van der Waals surface area contributed by atoms with Gasteiger partial charge in [0.05, 0.1) is 0 Å². The third-order valence-corrected chi connectivity index (χ3v) is 3.43. The third-order valence-electron chi connectivity index (χ3n) is 3.43. The summed E-state index contributed by atoms with van der Waals surface area (Å²) in [5.41, 5.74) is -0.668. The van der Waals surface area contributed by atoms with Crippen LogP contribution in [0.4, 0.5) is 4.79 Å². The first-order valence-electron chi connectivity index (χ1n) is 8.49. The van der Waals surface area contributed by atoms with E-state index in [-0.39, 0.29) is 23.6 Å². The number of carbonyl (C=O) groups is 2. The van der Waals surface area contributed by atoms with Crippen LogP contribution in [0.1, 0.15) is 60.8 Å². The lowest BCUT2D eigenvalue weighted by Gasteiger charge is -2.28. The van der Waals surface area contributed by atoms with E-state index in [0.717, 1.165) is 19.4 Å². The minimum atomic E-state index is -0.470. The van der Waals surface area contributed by atoms with Gasteiger partial charge in [0.1, 0.15) is 5.60 Å². The van der Waals surface area contributed by atoms with Gasteiger partial charge in [-0.1, -0.05) is 0 Å². The van der Waals surface area contributed by atoms with Gasteiger partial charge in [0.25, 0.3) is 0 Å². The van der Waals surface area contributed by atoms with Crippen molar-refractivity contribution in [2.24, 2.45) is 0 Å². The van der Waals surface area contributed by atoms with Crippen molar-refractivity contribution in [1.29, 1.82) is 0 Å². The fourth-order valence-electron chi connectivity index (χ4n) is 2.56. The Morgan fingerprint density at radius 3 is 2.39 bits per heavy atom. The van der Waals surface area contributed by atoms with Gasteiger partial charge in [-0.3, -0.25) is 4.79 Å². The number of hydrogen-bond acceptors (Lipinski definition) is 4. The smallest absolute Gasteiger partial charge is 0.410 e. The molecule has 1 fully saturated rings. The molecule has 0 aromatic carbocycles. The van der Waals surface area contributed by atoms with Crippen LogP contribution in [0.15, 0.2) is 0 Å². The number of amides is 2. The molecule has 2 amide bonds. The molecule has 1 rings (SSSR count). The number of nitrogens with zero attached hydrogens (tertiary/aromatic N) is 1. The second kappa shape index (κ2) is 7.99. The second-order valence-corrected chi connectivity index (χ2v) is 8.22. The van der Waals surface area contributed by atoms with Crippen LogP contribution < -0.4 is 10.6 Å². The van der Waals surface area contributed by atoms with Gasteiger partial charge >= 0.3 is 6.09 Å². The minimum Gasteiger partial charge on any atom is -0.444 e. The van der Waals surface area contributed by atoms with E-state index >= 15 is 0 Å². The molecule has 0 radical (unpaired) electrons. The van der Waals surface area contributed by atoms with E-state index in [2.05, 4.69) is 10.6 Å². The highest BCUT2D eigenvalue weighted by molar-refractivity contribution is 5.76. The second-order valence-electron chi connectivity index (χ2n) is 8.22. The summed E-state index contributed by atoms with van der Waals surface area (Å²) >= 11 is 0. The van der Waals surface area contributed by atoms with E-state index in [1.54, 1.807) is 4.90 Å². The van der Waals surface area contributed by atoms with E-state index in [4.69, 9.17) is 4.74 Å². The predicted octanol–water partition coefficient (Wildman–Crippen LogP) is 2.28. The number of nitrogens with one attached hydrogen (secondary N) is 2. The van der Waals surface area contributed by atoms with Gasteiger partial charge in [-0.2, -0.15) is 0 Å². The summed E-state index contributed by atoms with van der Waals surface area (Å²) in [6.45, 7) is 13.6. The molecule has 1 heterocycles. The van der Waals surface area contributed by atoms with E-state index in [9.17, 15) is 9.59 Å². The highest BCUT2D eigenvalue weighted by Gasteiger charge is 2.31. The topological polar surface area (TPSA) is 70.7 Å². The first-order valence-corrected chi connectivity index (χ1v) is 8.49. The van der Waals surface area contributed by atoms with Crippen molar-refractivity contribution in [2.75, 3.05) is 19.6 Å². The first kappa shape index (κ1) is 19.7. The molecule has 23 heavy (non-hydrogen) atoms. The van der Waals surface area contributed by atoms with Crippen molar-refractivity contribution in [3.05, 3.63) is 0 Å². The number of rotatable bonds is 5. The van der Waals surface area contributed by atoms with Gasteiger partial charge in [-0.15, -0.1) is 0 Å². The lowest BCUT2D eigenvalue weighted by molar-refractivity contribution is -0.122. The zero-order chi connectivity index (χ0) is 17.7. The van der Waals surface area contributed by atoms with Crippen molar-refractivity contribution < 1.29 is 14.3 Å². The zero-order valence-corrected chi connectivity index (χ0v) is 15.5. The van der Waals surface area contributed by atoms with E-state index < -0.39 is 5.60 Å². The van der Waals surface area contributed by atoms with E-state index in [1.165, 1.54) is 0 Å². The number of ether oxygens (including phenoxy) is 1. The lowest BCUT2D eigenvalue weighted by Crippen LogP contribution is -2.45. The Morgan fingerprint density at radius 2 is 1.83 bits per heavy atom. The van der Waals surface area contributed by atoms with Crippen LogP contribution in [0.25, 0.3) is 0 Å². The van der Waals surface area contributed by atoms with Crippen molar-refractivity contribution in [2.45, 2.75) is 78.0 Å². The Labute approximate surface area is 140 Å². The summed E-state index contributed by atoms with van der Waals surface area (Å²) in [5.74, 6) is 0.0421. The molecular formula is C17H33N3O3. The van der Waals surface area contributed by atoms with E-state index in [0.29, 0.717) is 19.5 Å². The maximum Gasteiger partial charge on any atom is 0.410 e. The summed E-state index contributed by atoms with van der Waals surface area (Å²) in [6, 6.07) is 0.149. The van der Waals surface area contributed by atoms with Gasteiger partial charge in [0.15, 0.2) is 0 Å². The number of hydrogen-bond donors (Lipinski definition) is 2. The largest absolute Gasteiger partial charge is 0.444 e. The first-order chi connectivity index (χ1) is 10.5. The minimum absolute atomic E-state index is 0.0421. The highest BCUT2D eigenvalue weighted by Crippen LogP contribution is 2.20. The molecule has 1 aliphatic rings. The Bertz CT molecular complexity index is 410. The molecule has 2 N–H and O–H groups in total. The van der Waals surface area contributed by atoms with Gasteiger partial charge < -0.3 is 20.3 Å². The van der Waals surface area contributed by atoms with Crippen LogP contribution >= 0.6 is 0 Å². The SMILES string of the molecule is CC(C)(C)NC(=O)CCNCC1CCCN1C(=O)OC(C)(C)C. The number of likely N-dealkylation sites (tertiary alicyclic amines) is 1. The van der Waals surface area contributed by atoms with Crippen molar-refractivity contribution in [3.8, 4) is 0 Å². The quantitative estimate of drug-likeness (QED) is 0.760. The third kappa shape index (κ3) is 8.21. The van der Waals surface area contributed by atoms with Crippen molar-refractivity contribution in [1.82, 2.24) is 15.5 Å². The van der Waals surface area contributed by atoms with Crippen molar-refractivity contribution >= 4 is 12.0 Å². The molecule has 134 valence electrons. The standard InChI is InChI=1S/C17H33N3O3/c1-16(2,3)19-14(21)9-10-18-12-13-8-7-11-20(13)15(22)23-17(4,5)6/h13,18H,7-12H2,1-6H3,(H,19,21). The highest BCUT2D eigenvalue weighted by atomic mass is 16.6. The molecule has 6 nitrogen and oxygen atoms in total.